The Morgan fingerprint density at radius 2 is 1.90 bits per heavy atom. The van der Waals surface area contributed by atoms with E-state index in [4.69, 9.17) is 14.2 Å². The standard InChI is InChI=1S/C15H16FNO4/c16-11-3-1-10(2-4-11)13-12-9-15(19-7-8-20-15)5-6-17(12)14(18)21-13/h1-4,12-13H,5-9H2. The predicted octanol–water partition coefficient (Wildman–Crippen LogP) is 2.22. The Kier molecular flexibility index (Phi) is 2.90. The number of fused-ring (bicyclic) bond motifs is 1. The lowest BCUT2D eigenvalue weighted by Gasteiger charge is -2.39. The van der Waals surface area contributed by atoms with E-state index in [1.54, 1.807) is 17.0 Å². The zero-order valence-corrected chi connectivity index (χ0v) is 11.5. The van der Waals surface area contributed by atoms with Crippen molar-refractivity contribution in [1.82, 2.24) is 4.90 Å². The van der Waals surface area contributed by atoms with Gasteiger partial charge in [0.15, 0.2) is 5.79 Å². The fraction of sp³-hybridized carbons (Fsp3) is 0.533. The van der Waals surface area contributed by atoms with Crippen LogP contribution in [0.15, 0.2) is 24.3 Å². The second kappa shape index (κ2) is 4.68. The van der Waals surface area contributed by atoms with E-state index in [0.29, 0.717) is 32.6 Å². The largest absolute Gasteiger partial charge is 0.439 e. The highest BCUT2D eigenvalue weighted by Crippen LogP contribution is 2.43. The number of nitrogens with zero attached hydrogens (tertiary/aromatic N) is 1. The highest BCUT2D eigenvalue weighted by molar-refractivity contribution is 5.71. The number of hydrogen-bond acceptors (Lipinski definition) is 4. The second-order valence-corrected chi connectivity index (χ2v) is 5.68. The molecule has 0 bridgehead atoms. The van der Waals surface area contributed by atoms with Crippen LogP contribution in [0.1, 0.15) is 24.5 Å². The quantitative estimate of drug-likeness (QED) is 0.796. The number of hydrogen-bond donors (Lipinski definition) is 0. The van der Waals surface area contributed by atoms with Crippen molar-refractivity contribution in [3.05, 3.63) is 35.6 Å². The summed E-state index contributed by atoms with van der Waals surface area (Å²) in [7, 11) is 0. The lowest BCUT2D eigenvalue weighted by atomic mass is 9.90. The molecule has 3 aliphatic rings. The third kappa shape index (κ3) is 2.10. The Balaban J connectivity index is 1.62. The lowest BCUT2D eigenvalue weighted by Crippen LogP contribution is -2.50. The molecule has 1 aromatic rings. The Labute approximate surface area is 121 Å². The number of ether oxygens (including phenoxy) is 3. The van der Waals surface area contributed by atoms with Crippen LogP contribution in [0.25, 0.3) is 0 Å². The molecule has 5 nitrogen and oxygen atoms in total. The first-order valence-corrected chi connectivity index (χ1v) is 7.18. The van der Waals surface area contributed by atoms with Crippen molar-refractivity contribution in [3.8, 4) is 0 Å². The van der Waals surface area contributed by atoms with Crippen LogP contribution in [-0.2, 0) is 14.2 Å². The van der Waals surface area contributed by atoms with Crippen LogP contribution < -0.4 is 0 Å². The summed E-state index contributed by atoms with van der Waals surface area (Å²) in [5.74, 6) is -0.893. The number of halogens is 1. The summed E-state index contributed by atoms with van der Waals surface area (Å²) in [6, 6.07) is 5.96. The van der Waals surface area contributed by atoms with E-state index in [1.807, 2.05) is 0 Å². The van der Waals surface area contributed by atoms with Gasteiger partial charge in [0.25, 0.3) is 0 Å². The number of amides is 1. The van der Waals surface area contributed by atoms with Gasteiger partial charge in [-0.25, -0.2) is 9.18 Å². The topological polar surface area (TPSA) is 48.0 Å². The van der Waals surface area contributed by atoms with Gasteiger partial charge in [-0.3, -0.25) is 0 Å². The predicted molar refractivity (Wildman–Crippen MR) is 70.0 cm³/mol. The van der Waals surface area contributed by atoms with Crippen LogP contribution in [0, 0.1) is 5.82 Å². The van der Waals surface area contributed by atoms with Gasteiger partial charge in [-0.2, -0.15) is 0 Å². The minimum absolute atomic E-state index is 0.130. The SMILES string of the molecule is O=C1OC(c2ccc(F)cc2)C2CC3(CCN12)OCCO3. The summed E-state index contributed by atoms with van der Waals surface area (Å²) in [6.07, 6.45) is 0.528. The number of rotatable bonds is 1. The molecule has 1 spiro atoms. The molecule has 0 N–H and O–H groups in total. The minimum Gasteiger partial charge on any atom is -0.439 e. The monoisotopic (exact) mass is 293 g/mol. The van der Waals surface area contributed by atoms with Crippen molar-refractivity contribution in [2.24, 2.45) is 0 Å². The lowest BCUT2D eigenvalue weighted by molar-refractivity contribution is -0.191. The molecule has 4 rings (SSSR count). The summed E-state index contributed by atoms with van der Waals surface area (Å²) in [4.78, 5) is 13.7. The molecule has 2 atom stereocenters. The van der Waals surface area contributed by atoms with Crippen LogP contribution in [-0.4, -0.2) is 42.6 Å². The molecule has 0 saturated carbocycles. The molecule has 1 aromatic carbocycles. The highest BCUT2D eigenvalue weighted by atomic mass is 19.1. The van der Waals surface area contributed by atoms with E-state index in [2.05, 4.69) is 0 Å². The molecular formula is C15H16FNO4. The first-order valence-electron chi connectivity index (χ1n) is 7.18. The van der Waals surface area contributed by atoms with Crippen LogP contribution in [0.2, 0.25) is 0 Å². The maximum Gasteiger partial charge on any atom is 0.410 e. The summed E-state index contributed by atoms with van der Waals surface area (Å²) in [5, 5.41) is 0. The summed E-state index contributed by atoms with van der Waals surface area (Å²) in [5.41, 5.74) is 0.798. The van der Waals surface area contributed by atoms with Crippen LogP contribution in [0.4, 0.5) is 9.18 Å². The van der Waals surface area contributed by atoms with Crippen LogP contribution in [0.5, 0.6) is 0 Å². The number of carbonyl (C=O) groups is 1. The van der Waals surface area contributed by atoms with Gasteiger partial charge in [-0.15, -0.1) is 0 Å². The fourth-order valence-corrected chi connectivity index (χ4v) is 3.44. The van der Waals surface area contributed by atoms with Crippen molar-refractivity contribution in [2.45, 2.75) is 30.8 Å². The molecule has 0 aromatic heterocycles. The van der Waals surface area contributed by atoms with E-state index >= 15 is 0 Å². The second-order valence-electron chi connectivity index (χ2n) is 5.68. The van der Waals surface area contributed by atoms with Gasteiger partial charge in [0.05, 0.1) is 19.3 Å². The molecular weight excluding hydrogens is 277 g/mol. The Morgan fingerprint density at radius 1 is 1.19 bits per heavy atom. The fourth-order valence-electron chi connectivity index (χ4n) is 3.44. The van der Waals surface area contributed by atoms with Gasteiger partial charge in [0.2, 0.25) is 0 Å². The molecule has 0 aliphatic carbocycles. The summed E-state index contributed by atoms with van der Waals surface area (Å²) in [6.45, 7) is 1.73. The van der Waals surface area contributed by atoms with E-state index in [-0.39, 0.29) is 18.0 Å². The normalized spacial score (nSPS) is 30.5. The Bertz CT molecular complexity index is 555. The molecule has 3 aliphatic heterocycles. The number of piperidine rings is 1. The van der Waals surface area contributed by atoms with E-state index in [1.165, 1.54) is 12.1 Å². The van der Waals surface area contributed by atoms with Gasteiger partial charge < -0.3 is 19.1 Å². The Hall–Kier alpha value is -1.66. The highest BCUT2D eigenvalue weighted by Gasteiger charge is 2.53. The summed E-state index contributed by atoms with van der Waals surface area (Å²) < 4.78 is 30.1. The molecule has 3 fully saturated rings. The molecule has 3 saturated heterocycles. The van der Waals surface area contributed by atoms with Crippen LogP contribution >= 0.6 is 0 Å². The third-order valence-corrected chi connectivity index (χ3v) is 4.48. The average Bonchev–Trinajstić information content (AvgIpc) is 3.06. The minimum atomic E-state index is -0.590. The van der Waals surface area contributed by atoms with E-state index < -0.39 is 11.9 Å². The summed E-state index contributed by atoms with van der Waals surface area (Å²) >= 11 is 0. The molecule has 0 radical (unpaired) electrons. The average molecular weight is 293 g/mol. The number of cyclic esters (lactones) is 1. The molecule has 1 amide bonds. The van der Waals surface area contributed by atoms with Crippen molar-refractivity contribution >= 4 is 6.09 Å². The first-order chi connectivity index (χ1) is 10.2. The van der Waals surface area contributed by atoms with Crippen LogP contribution in [0.3, 0.4) is 0 Å². The maximum absolute atomic E-state index is 13.1. The van der Waals surface area contributed by atoms with Gasteiger partial charge in [-0.05, 0) is 17.7 Å². The van der Waals surface area contributed by atoms with Crippen molar-refractivity contribution in [2.75, 3.05) is 19.8 Å². The number of carbonyl (C=O) groups excluding carboxylic acids is 1. The van der Waals surface area contributed by atoms with Gasteiger partial charge in [0.1, 0.15) is 11.9 Å². The molecule has 2 unspecified atom stereocenters. The smallest absolute Gasteiger partial charge is 0.410 e. The molecule has 3 heterocycles. The van der Waals surface area contributed by atoms with Gasteiger partial charge in [-0.1, -0.05) is 12.1 Å². The number of benzene rings is 1. The molecule has 21 heavy (non-hydrogen) atoms. The van der Waals surface area contributed by atoms with E-state index in [9.17, 15) is 9.18 Å². The Morgan fingerprint density at radius 3 is 2.62 bits per heavy atom. The van der Waals surface area contributed by atoms with E-state index in [0.717, 1.165) is 5.56 Å². The molecule has 112 valence electrons. The van der Waals surface area contributed by atoms with Gasteiger partial charge >= 0.3 is 6.09 Å². The van der Waals surface area contributed by atoms with Crippen molar-refractivity contribution < 1.29 is 23.4 Å². The van der Waals surface area contributed by atoms with Crippen molar-refractivity contribution in [1.29, 1.82) is 0 Å². The zero-order chi connectivity index (χ0) is 14.4. The van der Waals surface area contributed by atoms with Crippen molar-refractivity contribution in [3.63, 3.8) is 0 Å². The first kappa shape index (κ1) is 13.0. The zero-order valence-electron chi connectivity index (χ0n) is 11.5. The maximum atomic E-state index is 13.1. The molecule has 6 heteroatoms. The van der Waals surface area contributed by atoms with Gasteiger partial charge in [0, 0.05) is 19.4 Å². The third-order valence-electron chi connectivity index (χ3n) is 4.48.